The van der Waals surface area contributed by atoms with Crippen molar-refractivity contribution in [2.45, 2.75) is 117 Å². The summed E-state index contributed by atoms with van der Waals surface area (Å²) in [4.78, 5) is 23.1. The molecule has 0 aromatic carbocycles. The van der Waals surface area contributed by atoms with Gasteiger partial charge in [-0.05, 0) is 36.5 Å². The maximum Gasteiger partial charge on any atom is 0.407 e. The number of rotatable bonds is 14. The Morgan fingerprint density at radius 2 is 1.50 bits per heavy atom. The fourth-order valence-corrected chi connectivity index (χ4v) is 5.14. The predicted molar refractivity (Wildman–Crippen MR) is 122 cm³/mol. The molecule has 0 spiro atoms. The van der Waals surface area contributed by atoms with Crippen LogP contribution in [0.5, 0.6) is 0 Å². The first-order valence-corrected chi connectivity index (χ1v) is 12.1. The molecule has 3 N–H and O–H groups in total. The first-order chi connectivity index (χ1) is 14.2. The van der Waals surface area contributed by atoms with Crippen LogP contribution in [-0.4, -0.2) is 36.5 Å². The van der Waals surface area contributed by atoms with Gasteiger partial charge in [0.15, 0.2) is 0 Å². The molecule has 0 bridgehead atoms. The lowest BCUT2D eigenvalue weighted by molar-refractivity contribution is 0.0662. The molecule has 6 nitrogen and oxygen atoms in total. The average molecular weight is 427 g/mol. The molecular formula is C24H46N2O4. The average Bonchev–Trinajstić information content (AvgIpc) is 2.62. The second kappa shape index (κ2) is 13.8. The molecule has 30 heavy (non-hydrogen) atoms. The van der Waals surface area contributed by atoms with E-state index in [-0.39, 0.29) is 23.0 Å². The summed E-state index contributed by atoms with van der Waals surface area (Å²) in [6.45, 7) is 9.65. The number of carbonyl (C=O) groups is 2. The van der Waals surface area contributed by atoms with Gasteiger partial charge in [0.05, 0.1) is 6.61 Å². The molecule has 1 aliphatic carbocycles. The number of ether oxygens (including phenoxy) is 1. The van der Waals surface area contributed by atoms with Crippen LogP contribution in [-0.2, 0) is 4.74 Å². The van der Waals surface area contributed by atoms with Crippen LogP contribution < -0.4 is 10.6 Å². The summed E-state index contributed by atoms with van der Waals surface area (Å²) in [5, 5.41) is 14.6. The zero-order valence-corrected chi connectivity index (χ0v) is 19.9. The molecule has 0 heterocycles. The SMILES string of the molecule is CCCCCCCCCCCCOC(=O)NCC1(C)CC(NC(=O)O)CC(C)(C)C1. The second-order valence-corrected chi connectivity index (χ2v) is 10.4. The highest BCUT2D eigenvalue weighted by Crippen LogP contribution is 2.45. The molecule has 0 aromatic heterocycles. The number of alkyl carbamates (subject to hydrolysis) is 1. The summed E-state index contributed by atoms with van der Waals surface area (Å²) >= 11 is 0. The van der Waals surface area contributed by atoms with Crippen LogP contribution in [0.25, 0.3) is 0 Å². The topological polar surface area (TPSA) is 87.7 Å². The van der Waals surface area contributed by atoms with Crippen molar-refractivity contribution in [1.29, 1.82) is 0 Å². The van der Waals surface area contributed by atoms with Crippen LogP contribution in [0, 0.1) is 10.8 Å². The van der Waals surface area contributed by atoms with E-state index in [1.807, 2.05) is 0 Å². The Morgan fingerprint density at radius 1 is 0.933 bits per heavy atom. The smallest absolute Gasteiger partial charge is 0.407 e. The molecule has 2 amide bonds. The third-order valence-corrected chi connectivity index (χ3v) is 6.16. The second-order valence-electron chi connectivity index (χ2n) is 10.4. The van der Waals surface area contributed by atoms with Gasteiger partial charge in [-0.15, -0.1) is 0 Å². The molecule has 176 valence electrons. The number of hydrogen-bond acceptors (Lipinski definition) is 3. The largest absolute Gasteiger partial charge is 0.465 e. The van der Waals surface area contributed by atoms with Crippen LogP contribution in [0.2, 0.25) is 0 Å². The van der Waals surface area contributed by atoms with Crippen molar-refractivity contribution in [3.05, 3.63) is 0 Å². The van der Waals surface area contributed by atoms with Crippen molar-refractivity contribution in [3.63, 3.8) is 0 Å². The summed E-state index contributed by atoms with van der Waals surface area (Å²) in [7, 11) is 0. The Kier molecular flexibility index (Phi) is 12.2. The van der Waals surface area contributed by atoms with Crippen molar-refractivity contribution >= 4 is 12.2 Å². The van der Waals surface area contributed by atoms with Crippen molar-refractivity contribution in [3.8, 4) is 0 Å². The summed E-state index contributed by atoms with van der Waals surface area (Å²) in [5.74, 6) is 0. The number of carboxylic acid groups (broad SMARTS) is 1. The lowest BCUT2D eigenvalue weighted by Gasteiger charge is -2.46. The van der Waals surface area contributed by atoms with E-state index in [0.29, 0.717) is 13.2 Å². The molecule has 1 fully saturated rings. The van der Waals surface area contributed by atoms with E-state index >= 15 is 0 Å². The molecule has 1 saturated carbocycles. The van der Waals surface area contributed by atoms with Gasteiger partial charge >= 0.3 is 12.2 Å². The van der Waals surface area contributed by atoms with Gasteiger partial charge in [0.1, 0.15) is 0 Å². The summed E-state index contributed by atoms with van der Waals surface area (Å²) in [6.07, 6.45) is 13.7. The number of amides is 2. The molecule has 0 aromatic rings. The quantitative estimate of drug-likeness (QED) is 0.277. The molecule has 2 atom stereocenters. The highest BCUT2D eigenvalue weighted by Gasteiger charge is 2.41. The summed E-state index contributed by atoms with van der Waals surface area (Å²) in [6, 6.07) is -0.0827. The van der Waals surface area contributed by atoms with Gasteiger partial charge in [0, 0.05) is 12.6 Å². The first kappa shape index (κ1) is 26.6. The predicted octanol–water partition coefficient (Wildman–Crippen LogP) is 6.49. The van der Waals surface area contributed by atoms with Crippen molar-refractivity contribution in [1.82, 2.24) is 10.6 Å². The van der Waals surface area contributed by atoms with Crippen molar-refractivity contribution < 1.29 is 19.4 Å². The summed E-state index contributed by atoms with van der Waals surface area (Å²) in [5.41, 5.74) is -0.118. The highest BCUT2D eigenvalue weighted by molar-refractivity contribution is 5.67. The molecule has 0 saturated heterocycles. The van der Waals surface area contributed by atoms with Crippen LogP contribution >= 0.6 is 0 Å². The number of nitrogens with one attached hydrogen (secondary N) is 2. The number of carbonyl (C=O) groups excluding carboxylic acids is 1. The molecule has 6 heteroatoms. The Morgan fingerprint density at radius 3 is 2.07 bits per heavy atom. The Balaban J connectivity index is 2.14. The Hall–Kier alpha value is -1.46. The standard InChI is InChI=1S/C24H46N2O4/c1-5-6-7-8-9-10-11-12-13-14-15-30-22(29)25-19-24(4)17-20(26-21(27)28)16-23(2,3)18-24/h20,26H,5-19H2,1-4H3,(H,25,29)(H,27,28). The van der Waals surface area contributed by atoms with Gasteiger partial charge in [-0.1, -0.05) is 85.5 Å². The maximum absolute atomic E-state index is 12.1. The van der Waals surface area contributed by atoms with Crippen LogP contribution in [0.4, 0.5) is 9.59 Å². The van der Waals surface area contributed by atoms with Crippen LogP contribution in [0.15, 0.2) is 0 Å². The minimum Gasteiger partial charge on any atom is -0.465 e. The van der Waals surface area contributed by atoms with Crippen LogP contribution in [0.1, 0.15) is 111 Å². The van der Waals surface area contributed by atoms with E-state index in [1.54, 1.807) is 0 Å². The van der Waals surface area contributed by atoms with E-state index in [0.717, 1.165) is 32.1 Å². The highest BCUT2D eigenvalue weighted by atomic mass is 16.5. The van der Waals surface area contributed by atoms with Gasteiger partial charge in [0.2, 0.25) is 0 Å². The summed E-state index contributed by atoms with van der Waals surface area (Å²) < 4.78 is 5.33. The van der Waals surface area contributed by atoms with Gasteiger partial charge in [-0.2, -0.15) is 0 Å². The minimum absolute atomic E-state index is 0.0295. The zero-order valence-electron chi connectivity index (χ0n) is 19.9. The molecule has 0 aliphatic heterocycles. The number of unbranched alkanes of at least 4 members (excludes halogenated alkanes) is 9. The molecule has 0 radical (unpaired) electrons. The van der Waals surface area contributed by atoms with Crippen LogP contribution in [0.3, 0.4) is 0 Å². The number of hydrogen-bond donors (Lipinski definition) is 3. The monoisotopic (exact) mass is 426 g/mol. The third kappa shape index (κ3) is 12.3. The van der Waals surface area contributed by atoms with E-state index in [9.17, 15) is 9.59 Å². The first-order valence-electron chi connectivity index (χ1n) is 12.1. The maximum atomic E-state index is 12.1. The van der Waals surface area contributed by atoms with Gasteiger partial charge in [-0.25, -0.2) is 9.59 Å². The zero-order chi connectivity index (χ0) is 22.5. The Bertz CT molecular complexity index is 509. The normalized spacial score (nSPS) is 23.0. The fourth-order valence-electron chi connectivity index (χ4n) is 5.14. The van der Waals surface area contributed by atoms with E-state index in [1.165, 1.54) is 51.4 Å². The van der Waals surface area contributed by atoms with Gasteiger partial charge < -0.3 is 20.5 Å². The third-order valence-electron chi connectivity index (χ3n) is 6.16. The lowest BCUT2D eigenvalue weighted by Crippen LogP contribution is -2.50. The van der Waals surface area contributed by atoms with Crippen molar-refractivity contribution in [2.75, 3.05) is 13.2 Å². The minimum atomic E-state index is -0.982. The van der Waals surface area contributed by atoms with Crippen molar-refractivity contribution in [2.24, 2.45) is 10.8 Å². The molecule has 2 unspecified atom stereocenters. The van der Waals surface area contributed by atoms with Gasteiger partial charge in [-0.3, -0.25) is 0 Å². The molecule has 1 rings (SSSR count). The fraction of sp³-hybridized carbons (Fsp3) is 0.917. The van der Waals surface area contributed by atoms with E-state index in [2.05, 4.69) is 38.3 Å². The molecular weight excluding hydrogens is 380 g/mol. The van der Waals surface area contributed by atoms with E-state index < -0.39 is 6.09 Å². The molecule has 1 aliphatic rings. The van der Waals surface area contributed by atoms with Gasteiger partial charge in [0.25, 0.3) is 0 Å². The Labute approximate surface area is 183 Å². The lowest BCUT2D eigenvalue weighted by atomic mass is 9.62. The van der Waals surface area contributed by atoms with E-state index in [4.69, 9.17) is 9.84 Å².